The van der Waals surface area contributed by atoms with Crippen LogP contribution < -0.4 is 5.32 Å². The molecule has 1 aromatic carbocycles. The quantitative estimate of drug-likeness (QED) is 0.847. The van der Waals surface area contributed by atoms with Crippen LogP contribution in [-0.4, -0.2) is 20.7 Å². The van der Waals surface area contributed by atoms with Gasteiger partial charge in [-0.2, -0.15) is 5.10 Å². The van der Waals surface area contributed by atoms with E-state index in [4.69, 9.17) is 0 Å². The number of nitrogens with one attached hydrogen (secondary N) is 1. The Labute approximate surface area is 139 Å². The van der Waals surface area contributed by atoms with Crippen molar-refractivity contribution in [2.24, 2.45) is 5.92 Å². The molecule has 1 atom stereocenters. The Balaban J connectivity index is 1.61. The summed E-state index contributed by atoms with van der Waals surface area (Å²) in [5.74, 6) is -0.717. The van der Waals surface area contributed by atoms with Crippen LogP contribution in [0.4, 0.5) is 8.78 Å². The summed E-state index contributed by atoms with van der Waals surface area (Å²) in [6, 6.07) is 3.58. The van der Waals surface area contributed by atoms with Crippen molar-refractivity contribution >= 4 is 5.91 Å². The molecule has 1 saturated carbocycles. The van der Waals surface area contributed by atoms with Gasteiger partial charge in [-0.1, -0.05) is 6.07 Å². The van der Waals surface area contributed by atoms with Crippen LogP contribution in [-0.2, 0) is 17.8 Å². The van der Waals surface area contributed by atoms with Gasteiger partial charge in [-0.3, -0.25) is 4.79 Å². The van der Waals surface area contributed by atoms with Crippen molar-refractivity contribution < 1.29 is 13.6 Å². The van der Waals surface area contributed by atoms with Gasteiger partial charge in [-0.25, -0.2) is 18.4 Å². The lowest BCUT2D eigenvalue weighted by Gasteiger charge is -2.18. The molecular formula is C17H20F2N4O. The summed E-state index contributed by atoms with van der Waals surface area (Å²) in [5, 5.41) is 7.18. The Morgan fingerprint density at radius 2 is 2.17 bits per heavy atom. The Bertz CT molecular complexity index is 727. The number of aromatic nitrogens is 3. The van der Waals surface area contributed by atoms with E-state index < -0.39 is 11.6 Å². The van der Waals surface area contributed by atoms with Gasteiger partial charge in [0.25, 0.3) is 0 Å². The van der Waals surface area contributed by atoms with Gasteiger partial charge < -0.3 is 5.32 Å². The van der Waals surface area contributed by atoms with Crippen LogP contribution in [0, 0.1) is 17.6 Å². The fourth-order valence-electron chi connectivity index (χ4n) is 2.78. The number of benzene rings is 1. The number of amides is 1. The van der Waals surface area contributed by atoms with Gasteiger partial charge in [0.2, 0.25) is 5.91 Å². The number of carbonyl (C=O) groups excluding carboxylic acids is 1. The summed E-state index contributed by atoms with van der Waals surface area (Å²) in [6.45, 7) is 2.68. The third-order valence-electron chi connectivity index (χ3n) is 4.26. The van der Waals surface area contributed by atoms with Crippen molar-refractivity contribution in [3.05, 3.63) is 47.5 Å². The third-order valence-corrected chi connectivity index (χ3v) is 4.26. The van der Waals surface area contributed by atoms with Crippen molar-refractivity contribution in [3.63, 3.8) is 0 Å². The largest absolute Gasteiger partial charge is 0.346 e. The second kappa shape index (κ2) is 7.07. The Morgan fingerprint density at radius 3 is 2.83 bits per heavy atom. The zero-order valence-corrected chi connectivity index (χ0v) is 13.5. The summed E-state index contributed by atoms with van der Waals surface area (Å²) in [7, 11) is 0. The van der Waals surface area contributed by atoms with Crippen molar-refractivity contribution in [1.29, 1.82) is 0 Å². The molecule has 1 aliphatic rings. The average Bonchev–Trinajstić information content (AvgIpc) is 3.30. The molecule has 3 rings (SSSR count). The van der Waals surface area contributed by atoms with Gasteiger partial charge in [0.15, 0.2) is 11.6 Å². The fourth-order valence-corrected chi connectivity index (χ4v) is 2.78. The summed E-state index contributed by atoms with van der Waals surface area (Å²) >= 11 is 0. The van der Waals surface area contributed by atoms with Crippen LogP contribution in [0.2, 0.25) is 0 Å². The molecule has 2 aromatic rings. The molecule has 1 aromatic heterocycles. The Kier molecular flexibility index (Phi) is 4.87. The maximum absolute atomic E-state index is 13.2. The normalized spacial score (nSPS) is 15.3. The number of hydrogen-bond donors (Lipinski definition) is 1. The molecule has 0 saturated heterocycles. The van der Waals surface area contributed by atoms with Gasteiger partial charge in [0, 0.05) is 13.0 Å². The maximum Gasteiger partial charge on any atom is 0.220 e. The molecule has 5 nitrogen and oxygen atoms in total. The van der Waals surface area contributed by atoms with Crippen LogP contribution in [0.15, 0.2) is 24.5 Å². The van der Waals surface area contributed by atoms with E-state index in [9.17, 15) is 13.6 Å². The Morgan fingerprint density at radius 1 is 1.38 bits per heavy atom. The Hall–Kier alpha value is -2.31. The molecule has 1 amide bonds. The first-order valence-electron chi connectivity index (χ1n) is 8.19. The molecule has 1 aliphatic carbocycles. The smallest absolute Gasteiger partial charge is 0.220 e. The molecule has 24 heavy (non-hydrogen) atoms. The first kappa shape index (κ1) is 16.5. The number of rotatable bonds is 7. The zero-order valence-electron chi connectivity index (χ0n) is 13.5. The summed E-state index contributed by atoms with van der Waals surface area (Å²) in [5.41, 5.74) is 0.601. The van der Waals surface area contributed by atoms with Crippen molar-refractivity contribution in [2.75, 3.05) is 0 Å². The fraction of sp³-hybridized carbons (Fsp3) is 0.471. The van der Waals surface area contributed by atoms with E-state index in [2.05, 4.69) is 15.4 Å². The summed E-state index contributed by atoms with van der Waals surface area (Å²) in [4.78, 5) is 16.6. The zero-order chi connectivity index (χ0) is 17.1. The van der Waals surface area contributed by atoms with E-state index in [-0.39, 0.29) is 18.4 Å². The maximum atomic E-state index is 13.2. The predicted molar refractivity (Wildman–Crippen MR) is 84.0 cm³/mol. The predicted octanol–water partition coefficient (Wildman–Crippen LogP) is 2.78. The highest BCUT2D eigenvalue weighted by Crippen LogP contribution is 2.40. The van der Waals surface area contributed by atoms with Gasteiger partial charge in [0.1, 0.15) is 12.2 Å². The van der Waals surface area contributed by atoms with E-state index in [0.29, 0.717) is 24.4 Å². The molecule has 7 heteroatoms. The minimum Gasteiger partial charge on any atom is -0.346 e. The van der Waals surface area contributed by atoms with E-state index >= 15 is 0 Å². The lowest BCUT2D eigenvalue weighted by Crippen LogP contribution is -2.32. The second-order valence-electron chi connectivity index (χ2n) is 6.07. The van der Waals surface area contributed by atoms with E-state index in [1.165, 1.54) is 12.4 Å². The summed E-state index contributed by atoms with van der Waals surface area (Å²) < 4.78 is 27.9. The topological polar surface area (TPSA) is 59.8 Å². The van der Waals surface area contributed by atoms with E-state index in [0.717, 1.165) is 30.8 Å². The molecule has 1 fully saturated rings. The number of halogens is 2. The molecule has 0 spiro atoms. The SMILES string of the molecule is CCn1ncnc1[C@@H](NC(=O)CCc1ccc(F)c(F)c1)C1CC1. The molecular weight excluding hydrogens is 314 g/mol. The summed E-state index contributed by atoms with van der Waals surface area (Å²) in [6.07, 6.45) is 4.20. The number of carbonyl (C=O) groups is 1. The highest BCUT2D eigenvalue weighted by molar-refractivity contribution is 5.76. The van der Waals surface area contributed by atoms with Crippen LogP contribution in [0.3, 0.4) is 0 Å². The van der Waals surface area contributed by atoms with Crippen LogP contribution in [0.5, 0.6) is 0 Å². The highest BCUT2D eigenvalue weighted by atomic mass is 19.2. The van der Waals surface area contributed by atoms with Crippen LogP contribution >= 0.6 is 0 Å². The number of nitrogens with zero attached hydrogens (tertiary/aromatic N) is 3. The monoisotopic (exact) mass is 334 g/mol. The van der Waals surface area contributed by atoms with Crippen molar-refractivity contribution in [3.8, 4) is 0 Å². The number of aryl methyl sites for hydroxylation is 2. The molecule has 0 aliphatic heterocycles. The van der Waals surface area contributed by atoms with Crippen molar-refractivity contribution in [1.82, 2.24) is 20.1 Å². The second-order valence-corrected chi connectivity index (χ2v) is 6.07. The molecule has 0 bridgehead atoms. The number of hydrogen-bond acceptors (Lipinski definition) is 3. The molecule has 0 radical (unpaired) electrons. The highest BCUT2D eigenvalue weighted by Gasteiger charge is 2.36. The molecule has 1 N–H and O–H groups in total. The van der Waals surface area contributed by atoms with E-state index in [1.807, 2.05) is 6.92 Å². The lowest BCUT2D eigenvalue weighted by molar-refractivity contribution is -0.122. The standard InChI is InChI=1S/C17H20F2N4O/c1-2-23-17(20-10-21-23)16(12-5-6-12)22-15(24)8-4-11-3-7-13(18)14(19)9-11/h3,7,9-10,12,16H,2,4-6,8H2,1H3,(H,22,24)/t16-/m0/s1. The van der Waals surface area contributed by atoms with Gasteiger partial charge in [-0.05, 0) is 49.8 Å². The minimum atomic E-state index is -0.889. The van der Waals surface area contributed by atoms with Crippen LogP contribution in [0.25, 0.3) is 0 Å². The van der Waals surface area contributed by atoms with Crippen molar-refractivity contribution in [2.45, 2.75) is 45.2 Å². The average molecular weight is 334 g/mol. The van der Waals surface area contributed by atoms with Gasteiger partial charge in [0.05, 0.1) is 6.04 Å². The first-order valence-corrected chi connectivity index (χ1v) is 8.19. The molecule has 0 unspecified atom stereocenters. The van der Waals surface area contributed by atoms with Crippen LogP contribution in [0.1, 0.15) is 43.6 Å². The minimum absolute atomic E-state index is 0.123. The van der Waals surface area contributed by atoms with E-state index in [1.54, 1.807) is 4.68 Å². The first-order chi connectivity index (χ1) is 11.6. The third kappa shape index (κ3) is 3.77. The van der Waals surface area contributed by atoms with Gasteiger partial charge in [-0.15, -0.1) is 0 Å². The lowest BCUT2D eigenvalue weighted by atomic mass is 10.1. The molecule has 128 valence electrons. The molecule has 1 heterocycles. The van der Waals surface area contributed by atoms with Gasteiger partial charge >= 0.3 is 0 Å².